The highest BCUT2D eigenvalue weighted by Crippen LogP contribution is 2.39. The van der Waals surface area contributed by atoms with Gasteiger partial charge in [0.1, 0.15) is 0 Å². The number of carbonyl (C=O) groups is 1. The van der Waals surface area contributed by atoms with Gasteiger partial charge in [-0.15, -0.1) is 0 Å². The summed E-state index contributed by atoms with van der Waals surface area (Å²) in [5, 5.41) is 20.8. The number of hydrogen-bond donors (Lipinski definition) is 3. The molecular weight excluding hydrogens is 239 g/mol. The minimum absolute atomic E-state index is 0.375. The molecule has 1 aromatic carbocycles. The van der Waals surface area contributed by atoms with E-state index in [0.29, 0.717) is 12.1 Å². The van der Waals surface area contributed by atoms with Crippen molar-refractivity contribution in [3.8, 4) is 11.5 Å². The second-order valence-electron chi connectivity index (χ2n) is 3.31. The van der Waals surface area contributed by atoms with Crippen LogP contribution in [-0.4, -0.2) is 29.6 Å². The summed E-state index contributed by atoms with van der Waals surface area (Å²) in [7, 11) is 1.38. The molecule has 0 aliphatic rings. The van der Waals surface area contributed by atoms with E-state index in [2.05, 4.69) is 5.32 Å². The zero-order chi connectivity index (χ0) is 13.2. The fourth-order valence-corrected chi connectivity index (χ4v) is 1.35. The van der Waals surface area contributed by atoms with Crippen LogP contribution in [0.4, 0.5) is 13.2 Å². The third kappa shape index (κ3) is 2.68. The van der Waals surface area contributed by atoms with Gasteiger partial charge in [0.15, 0.2) is 17.3 Å². The van der Waals surface area contributed by atoms with Crippen molar-refractivity contribution in [2.75, 3.05) is 13.6 Å². The van der Waals surface area contributed by atoms with Gasteiger partial charge < -0.3 is 15.5 Å². The van der Waals surface area contributed by atoms with Crippen LogP contribution in [0.3, 0.4) is 0 Å². The molecule has 0 unspecified atom stereocenters. The van der Waals surface area contributed by atoms with Crippen molar-refractivity contribution in [3.63, 3.8) is 0 Å². The maximum Gasteiger partial charge on any atom is 0.417 e. The summed E-state index contributed by atoms with van der Waals surface area (Å²) in [6.45, 7) is -0.375. The van der Waals surface area contributed by atoms with Gasteiger partial charge in [-0.3, -0.25) is 4.79 Å². The Morgan fingerprint density at radius 2 is 1.94 bits per heavy atom. The number of ketones is 1. The molecule has 0 bridgehead atoms. The summed E-state index contributed by atoms with van der Waals surface area (Å²) in [5.41, 5.74) is -2.19. The smallest absolute Gasteiger partial charge is 0.417 e. The van der Waals surface area contributed by atoms with Gasteiger partial charge in [0, 0.05) is 0 Å². The van der Waals surface area contributed by atoms with Gasteiger partial charge in [0.2, 0.25) is 0 Å². The Bertz CT molecular complexity index is 443. The lowest BCUT2D eigenvalue weighted by molar-refractivity contribution is -0.138. The summed E-state index contributed by atoms with van der Waals surface area (Å²) in [6, 6.07) is 1.24. The van der Waals surface area contributed by atoms with Crippen molar-refractivity contribution in [1.82, 2.24) is 5.32 Å². The van der Waals surface area contributed by atoms with E-state index in [0.717, 1.165) is 0 Å². The van der Waals surface area contributed by atoms with Gasteiger partial charge >= 0.3 is 6.18 Å². The first-order chi connectivity index (χ1) is 7.79. The molecule has 0 atom stereocenters. The van der Waals surface area contributed by atoms with Crippen LogP contribution in [0.1, 0.15) is 15.9 Å². The summed E-state index contributed by atoms with van der Waals surface area (Å²) in [6.07, 6.45) is -4.77. The summed E-state index contributed by atoms with van der Waals surface area (Å²) in [5.74, 6) is -2.77. The molecular formula is C10H10F3NO3. The molecule has 0 aromatic heterocycles. The zero-order valence-electron chi connectivity index (χ0n) is 8.80. The van der Waals surface area contributed by atoms with Crippen LogP contribution in [-0.2, 0) is 6.18 Å². The van der Waals surface area contributed by atoms with Gasteiger partial charge in [0.25, 0.3) is 0 Å². The number of hydrogen-bond acceptors (Lipinski definition) is 4. The fraction of sp³-hybridized carbons (Fsp3) is 0.300. The minimum Gasteiger partial charge on any atom is -0.504 e. The van der Waals surface area contributed by atoms with Gasteiger partial charge in [-0.2, -0.15) is 13.2 Å². The number of rotatable bonds is 3. The van der Waals surface area contributed by atoms with Gasteiger partial charge in [-0.1, -0.05) is 0 Å². The Balaban J connectivity index is 3.42. The highest BCUT2D eigenvalue weighted by Gasteiger charge is 2.37. The summed E-state index contributed by atoms with van der Waals surface area (Å²) in [4.78, 5) is 11.5. The quantitative estimate of drug-likeness (QED) is 0.561. The SMILES string of the molecule is CNCC(=O)c1c(C(F)(F)F)ccc(O)c1O. The monoisotopic (exact) mass is 249 g/mol. The van der Waals surface area contributed by atoms with Crippen LogP contribution in [0.5, 0.6) is 11.5 Å². The number of Topliss-reactive ketones (excluding diaryl/α,β-unsaturated/α-hetero) is 1. The van der Waals surface area contributed by atoms with E-state index < -0.39 is 34.6 Å². The first kappa shape index (κ1) is 13.3. The molecule has 0 amide bonds. The van der Waals surface area contributed by atoms with E-state index >= 15 is 0 Å². The molecule has 0 fully saturated rings. The fourth-order valence-electron chi connectivity index (χ4n) is 1.35. The van der Waals surface area contributed by atoms with Crippen LogP contribution in [0.25, 0.3) is 0 Å². The molecule has 1 aromatic rings. The van der Waals surface area contributed by atoms with E-state index in [9.17, 15) is 23.1 Å². The summed E-state index contributed by atoms with van der Waals surface area (Å²) >= 11 is 0. The molecule has 0 saturated heterocycles. The highest BCUT2D eigenvalue weighted by molar-refractivity contribution is 6.02. The topological polar surface area (TPSA) is 69.6 Å². The maximum atomic E-state index is 12.6. The Labute approximate surface area is 94.7 Å². The lowest BCUT2D eigenvalue weighted by Crippen LogP contribution is -2.22. The Morgan fingerprint density at radius 3 is 2.41 bits per heavy atom. The van der Waals surface area contributed by atoms with E-state index in [4.69, 9.17) is 5.11 Å². The predicted octanol–water partition coefficient (Wildman–Crippen LogP) is 1.52. The zero-order valence-corrected chi connectivity index (χ0v) is 8.80. The number of aromatic hydroxyl groups is 2. The van der Waals surface area contributed by atoms with Crippen molar-refractivity contribution in [2.24, 2.45) is 0 Å². The number of carbonyl (C=O) groups excluding carboxylic acids is 1. The molecule has 0 saturated carbocycles. The average Bonchev–Trinajstić information content (AvgIpc) is 2.20. The van der Waals surface area contributed by atoms with Crippen molar-refractivity contribution in [3.05, 3.63) is 23.3 Å². The van der Waals surface area contributed by atoms with Gasteiger partial charge in [-0.05, 0) is 19.2 Å². The van der Waals surface area contributed by atoms with E-state index in [-0.39, 0.29) is 6.54 Å². The molecule has 3 N–H and O–H groups in total. The van der Waals surface area contributed by atoms with Gasteiger partial charge in [0.05, 0.1) is 17.7 Å². The second-order valence-corrected chi connectivity index (χ2v) is 3.31. The largest absolute Gasteiger partial charge is 0.504 e. The number of nitrogens with one attached hydrogen (secondary N) is 1. The number of phenols is 2. The molecule has 1 rings (SSSR count). The van der Waals surface area contributed by atoms with E-state index in [1.165, 1.54) is 7.05 Å². The first-order valence-electron chi connectivity index (χ1n) is 4.59. The molecule has 0 heterocycles. The number of phenolic OH excluding ortho intramolecular Hbond substituents is 2. The second kappa shape index (κ2) is 4.62. The number of benzene rings is 1. The van der Waals surface area contributed by atoms with Crippen LogP contribution in [0, 0.1) is 0 Å². The Morgan fingerprint density at radius 1 is 1.35 bits per heavy atom. The number of alkyl halides is 3. The standard InChI is InChI=1S/C10H10F3NO3/c1-14-4-7(16)8-5(10(11,12)13)2-3-6(15)9(8)17/h2-3,14-15,17H,4H2,1H3. The first-order valence-corrected chi connectivity index (χ1v) is 4.59. The third-order valence-corrected chi connectivity index (χ3v) is 2.08. The molecule has 0 aliphatic carbocycles. The molecule has 7 heteroatoms. The Hall–Kier alpha value is -1.76. The van der Waals surface area contributed by atoms with Crippen molar-refractivity contribution in [2.45, 2.75) is 6.18 Å². The normalized spacial score (nSPS) is 11.5. The lowest BCUT2D eigenvalue weighted by atomic mass is 10.0. The predicted molar refractivity (Wildman–Crippen MR) is 53.0 cm³/mol. The molecule has 0 radical (unpaired) electrons. The van der Waals surface area contributed by atoms with Crippen LogP contribution < -0.4 is 5.32 Å². The molecule has 0 spiro atoms. The van der Waals surface area contributed by atoms with E-state index in [1.807, 2.05) is 0 Å². The highest BCUT2D eigenvalue weighted by atomic mass is 19.4. The number of likely N-dealkylation sites (N-methyl/N-ethyl adjacent to an activating group) is 1. The van der Waals surface area contributed by atoms with Crippen LogP contribution in [0.2, 0.25) is 0 Å². The van der Waals surface area contributed by atoms with Crippen molar-refractivity contribution in [1.29, 1.82) is 0 Å². The van der Waals surface area contributed by atoms with Crippen LogP contribution in [0.15, 0.2) is 12.1 Å². The maximum absolute atomic E-state index is 12.6. The lowest BCUT2D eigenvalue weighted by Gasteiger charge is -2.14. The molecule has 17 heavy (non-hydrogen) atoms. The molecule has 0 aliphatic heterocycles. The third-order valence-electron chi connectivity index (χ3n) is 2.08. The molecule has 4 nitrogen and oxygen atoms in total. The van der Waals surface area contributed by atoms with Crippen molar-refractivity contribution >= 4 is 5.78 Å². The summed E-state index contributed by atoms with van der Waals surface area (Å²) < 4.78 is 37.8. The van der Waals surface area contributed by atoms with E-state index in [1.54, 1.807) is 0 Å². The van der Waals surface area contributed by atoms with Crippen molar-refractivity contribution < 1.29 is 28.2 Å². The van der Waals surface area contributed by atoms with Gasteiger partial charge in [-0.25, -0.2) is 0 Å². The minimum atomic E-state index is -4.77. The number of halogens is 3. The average molecular weight is 249 g/mol. The van der Waals surface area contributed by atoms with Crippen LogP contribution >= 0.6 is 0 Å². The Kier molecular flexibility index (Phi) is 3.62. The molecule has 94 valence electrons.